The van der Waals surface area contributed by atoms with E-state index in [-0.39, 0.29) is 0 Å². The molecular formula is C15H16ClN3S. The summed E-state index contributed by atoms with van der Waals surface area (Å²) >= 11 is 7.95. The summed E-state index contributed by atoms with van der Waals surface area (Å²) in [5, 5.41) is 4.13. The summed E-state index contributed by atoms with van der Waals surface area (Å²) in [7, 11) is 0. The molecule has 20 heavy (non-hydrogen) atoms. The highest BCUT2D eigenvalue weighted by molar-refractivity contribution is 7.98. The van der Waals surface area contributed by atoms with Gasteiger partial charge in [-0.1, -0.05) is 30.7 Å². The maximum absolute atomic E-state index is 6.06. The van der Waals surface area contributed by atoms with Crippen LogP contribution in [0.3, 0.4) is 0 Å². The van der Waals surface area contributed by atoms with Gasteiger partial charge < -0.3 is 5.32 Å². The second-order valence-corrected chi connectivity index (χ2v) is 6.17. The summed E-state index contributed by atoms with van der Waals surface area (Å²) in [6.45, 7) is 3.09. The largest absolute Gasteiger partial charge is 0.370 e. The minimum absolute atomic E-state index is 0.712. The normalized spacial score (nSPS) is 13.3. The zero-order valence-electron chi connectivity index (χ0n) is 11.3. The van der Waals surface area contributed by atoms with Crippen molar-refractivity contribution in [2.24, 2.45) is 0 Å². The number of aromatic nitrogens is 2. The number of anilines is 1. The van der Waals surface area contributed by atoms with Crippen molar-refractivity contribution in [2.45, 2.75) is 24.9 Å². The lowest BCUT2D eigenvalue weighted by atomic mass is 10.2. The number of hydrogen-bond donors (Lipinski definition) is 1. The van der Waals surface area contributed by atoms with Crippen molar-refractivity contribution in [3.8, 4) is 11.4 Å². The van der Waals surface area contributed by atoms with E-state index < -0.39 is 0 Å². The Morgan fingerprint density at radius 1 is 1.30 bits per heavy atom. The van der Waals surface area contributed by atoms with Gasteiger partial charge in [0.05, 0.1) is 5.69 Å². The topological polar surface area (TPSA) is 37.8 Å². The van der Waals surface area contributed by atoms with E-state index in [2.05, 4.69) is 12.2 Å². The van der Waals surface area contributed by atoms with Gasteiger partial charge in [-0.15, -0.1) is 0 Å². The standard InChI is InChI=1S/C15H16ClN3S/c1-2-6-17-15-12-8-20-9-13(12)18-14(19-15)10-4-3-5-11(16)7-10/h3-5,7H,2,6,8-9H2,1H3,(H,17,18,19). The van der Waals surface area contributed by atoms with Crippen molar-refractivity contribution in [3.63, 3.8) is 0 Å². The molecule has 1 aromatic heterocycles. The van der Waals surface area contributed by atoms with Crippen LogP contribution >= 0.6 is 23.4 Å². The molecule has 0 saturated carbocycles. The molecule has 104 valence electrons. The molecule has 0 atom stereocenters. The first kappa shape index (κ1) is 13.7. The van der Waals surface area contributed by atoms with Crippen LogP contribution in [0.25, 0.3) is 11.4 Å². The van der Waals surface area contributed by atoms with Gasteiger partial charge in [0, 0.05) is 34.2 Å². The Labute approximate surface area is 128 Å². The molecule has 1 aromatic carbocycles. The Morgan fingerprint density at radius 3 is 3.00 bits per heavy atom. The van der Waals surface area contributed by atoms with E-state index in [1.54, 1.807) is 0 Å². The molecule has 1 aliphatic heterocycles. The average Bonchev–Trinajstić information content (AvgIpc) is 2.93. The maximum atomic E-state index is 6.06. The number of fused-ring (bicyclic) bond motifs is 1. The summed E-state index contributed by atoms with van der Waals surface area (Å²) < 4.78 is 0. The van der Waals surface area contributed by atoms with Crippen molar-refractivity contribution in [1.82, 2.24) is 9.97 Å². The quantitative estimate of drug-likeness (QED) is 0.910. The molecule has 0 spiro atoms. The van der Waals surface area contributed by atoms with Crippen molar-refractivity contribution >= 4 is 29.2 Å². The summed E-state index contributed by atoms with van der Waals surface area (Å²) in [5.41, 5.74) is 3.38. The molecular weight excluding hydrogens is 290 g/mol. The molecule has 3 nitrogen and oxygen atoms in total. The van der Waals surface area contributed by atoms with Crippen LogP contribution < -0.4 is 5.32 Å². The van der Waals surface area contributed by atoms with Crippen LogP contribution in [0, 0.1) is 0 Å². The van der Waals surface area contributed by atoms with Crippen LogP contribution in [-0.2, 0) is 11.5 Å². The molecule has 0 fully saturated rings. The molecule has 3 rings (SSSR count). The van der Waals surface area contributed by atoms with Gasteiger partial charge in [0.15, 0.2) is 5.82 Å². The molecule has 1 aliphatic rings. The van der Waals surface area contributed by atoms with Crippen LogP contribution in [0.5, 0.6) is 0 Å². The molecule has 0 aliphatic carbocycles. The first-order valence-electron chi connectivity index (χ1n) is 6.75. The van der Waals surface area contributed by atoms with Gasteiger partial charge in [0.1, 0.15) is 5.82 Å². The van der Waals surface area contributed by atoms with E-state index in [4.69, 9.17) is 21.6 Å². The fraction of sp³-hybridized carbons (Fsp3) is 0.333. The van der Waals surface area contributed by atoms with E-state index in [1.165, 1.54) is 5.56 Å². The minimum atomic E-state index is 0.712. The van der Waals surface area contributed by atoms with Crippen LogP contribution in [0.1, 0.15) is 24.6 Å². The second kappa shape index (κ2) is 6.02. The third-order valence-corrected chi connectivity index (χ3v) is 4.41. The fourth-order valence-corrected chi connectivity index (χ4v) is 3.43. The van der Waals surface area contributed by atoms with E-state index in [0.29, 0.717) is 5.02 Å². The minimum Gasteiger partial charge on any atom is -0.370 e. The molecule has 0 amide bonds. The number of rotatable bonds is 4. The lowest BCUT2D eigenvalue weighted by Gasteiger charge is -2.11. The van der Waals surface area contributed by atoms with Gasteiger partial charge in [-0.3, -0.25) is 0 Å². The fourth-order valence-electron chi connectivity index (χ4n) is 2.20. The van der Waals surface area contributed by atoms with Gasteiger partial charge in [0.25, 0.3) is 0 Å². The molecule has 5 heteroatoms. The van der Waals surface area contributed by atoms with E-state index in [9.17, 15) is 0 Å². The molecule has 2 heterocycles. The number of benzene rings is 1. The number of nitrogens with zero attached hydrogens (tertiary/aromatic N) is 2. The summed E-state index contributed by atoms with van der Waals surface area (Å²) in [5.74, 6) is 3.70. The average molecular weight is 306 g/mol. The van der Waals surface area contributed by atoms with E-state index in [1.807, 2.05) is 36.0 Å². The summed E-state index contributed by atoms with van der Waals surface area (Å²) in [4.78, 5) is 9.40. The van der Waals surface area contributed by atoms with Gasteiger partial charge >= 0.3 is 0 Å². The third-order valence-electron chi connectivity index (χ3n) is 3.20. The van der Waals surface area contributed by atoms with Gasteiger partial charge in [-0.2, -0.15) is 11.8 Å². The van der Waals surface area contributed by atoms with Gasteiger partial charge in [-0.25, -0.2) is 9.97 Å². The van der Waals surface area contributed by atoms with Crippen LogP contribution in [-0.4, -0.2) is 16.5 Å². The van der Waals surface area contributed by atoms with Crippen molar-refractivity contribution < 1.29 is 0 Å². The number of hydrogen-bond acceptors (Lipinski definition) is 4. The number of halogens is 1. The zero-order valence-corrected chi connectivity index (χ0v) is 12.9. The van der Waals surface area contributed by atoms with Crippen LogP contribution in [0.2, 0.25) is 5.02 Å². The Balaban J connectivity index is 2.04. The van der Waals surface area contributed by atoms with Crippen molar-refractivity contribution in [1.29, 1.82) is 0 Å². The Morgan fingerprint density at radius 2 is 2.20 bits per heavy atom. The van der Waals surface area contributed by atoms with Crippen LogP contribution in [0.15, 0.2) is 24.3 Å². The highest BCUT2D eigenvalue weighted by Gasteiger charge is 2.20. The lowest BCUT2D eigenvalue weighted by Crippen LogP contribution is -2.08. The first-order valence-corrected chi connectivity index (χ1v) is 8.28. The predicted molar refractivity (Wildman–Crippen MR) is 86.3 cm³/mol. The molecule has 0 unspecified atom stereocenters. The molecule has 0 radical (unpaired) electrons. The van der Waals surface area contributed by atoms with Gasteiger partial charge in [0.2, 0.25) is 0 Å². The zero-order chi connectivity index (χ0) is 13.9. The number of nitrogens with one attached hydrogen (secondary N) is 1. The molecule has 0 bridgehead atoms. The highest BCUT2D eigenvalue weighted by Crippen LogP contribution is 2.34. The van der Waals surface area contributed by atoms with Crippen molar-refractivity contribution in [2.75, 3.05) is 11.9 Å². The van der Waals surface area contributed by atoms with Crippen molar-refractivity contribution in [3.05, 3.63) is 40.5 Å². The molecule has 2 aromatic rings. The Kier molecular flexibility index (Phi) is 4.13. The van der Waals surface area contributed by atoms with Crippen LogP contribution in [0.4, 0.5) is 5.82 Å². The Hall–Kier alpha value is -1.26. The monoisotopic (exact) mass is 305 g/mol. The SMILES string of the molecule is CCCNc1nc(-c2cccc(Cl)c2)nc2c1CSC2. The smallest absolute Gasteiger partial charge is 0.161 e. The summed E-state index contributed by atoms with van der Waals surface area (Å²) in [6.07, 6.45) is 1.08. The first-order chi connectivity index (χ1) is 9.78. The number of thioether (sulfide) groups is 1. The lowest BCUT2D eigenvalue weighted by molar-refractivity contribution is 0.955. The highest BCUT2D eigenvalue weighted by atomic mass is 35.5. The van der Waals surface area contributed by atoms with E-state index in [0.717, 1.165) is 47.4 Å². The predicted octanol–water partition coefficient (Wildman–Crippen LogP) is 4.37. The molecule has 0 saturated heterocycles. The second-order valence-electron chi connectivity index (χ2n) is 4.75. The van der Waals surface area contributed by atoms with E-state index >= 15 is 0 Å². The van der Waals surface area contributed by atoms with Gasteiger partial charge in [-0.05, 0) is 18.6 Å². The Bertz CT molecular complexity index is 631. The third kappa shape index (κ3) is 2.76. The molecule has 1 N–H and O–H groups in total. The maximum Gasteiger partial charge on any atom is 0.161 e. The summed E-state index contributed by atoms with van der Waals surface area (Å²) in [6, 6.07) is 7.71.